The van der Waals surface area contributed by atoms with Gasteiger partial charge in [-0.25, -0.2) is 0 Å². The van der Waals surface area contributed by atoms with Crippen molar-refractivity contribution in [3.63, 3.8) is 0 Å². The highest BCUT2D eigenvalue weighted by atomic mass is 35.5. The fourth-order valence-electron chi connectivity index (χ4n) is 4.12. The summed E-state index contributed by atoms with van der Waals surface area (Å²) in [6.07, 6.45) is 4.49. The molecule has 1 aromatic rings. The fraction of sp³-hybridized carbons (Fsp3) is 0.300. The number of halogens is 2. The van der Waals surface area contributed by atoms with Crippen molar-refractivity contribution in [3.8, 4) is 6.07 Å². The van der Waals surface area contributed by atoms with E-state index in [1.54, 1.807) is 18.2 Å². The summed E-state index contributed by atoms with van der Waals surface area (Å²) >= 11 is 12.6. The van der Waals surface area contributed by atoms with Crippen LogP contribution in [0.15, 0.2) is 42.1 Å². The molecule has 2 N–H and O–H groups in total. The number of nitrogens with two attached hydrogens (primary N) is 1. The first-order valence-corrected chi connectivity index (χ1v) is 9.37. The van der Waals surface area contributed by atoms with Crippen LogP contribution in [0.5, 0.6) is 0 Å². The predicted octanol–water partition coefficient (Wildman–Crippen LogP) is 2.34. The molecule has 29 heavy (non-hydrogen) atoms. The number of ether oxygens (including phenoxy) is 1. The number of carbonyl (C=O) groups excluding carboxylic acids is 3. The van der Waals surface area contributed by atoms with Gasteiger partial charge in [0.15, 0.2) is 11.2 Å². The molecule has 0 bridgehead atoms. The fourth-order valence-corrected chi connectivity index (χ4v) is 4.54. The Hall–Kier alpha value is -2.82. The van der Waals surface area contributed by atoms with Crippen molar-refractivity contribution in [2.45, 2.75) is 24.9 Å². The molecule has 1 saturated heterocycles. The molecule has 2 heterocycles. The number of carbonyl (C=O) groups is 3. The summed E-state index contributed by atoms with van der Waals surface area (Å²) < 4.78 is 4.96. The second-order valence-corrected chi connectivity index (χ2v) is 7.62. The van der Waals surface area contributed by atoms with E-state index in [0.717, 1.165) is 7.11 Å². The van der Waals surface area contributed by atoms with Crippen molar-refractivity contribution in [2.24, 2.45) is 11.1 Å². The average molecular weight is 434 g/mol. The summed E-state index contributed by atoms with van der Waals surface area (Å²) in [7, 11) is 1.16. The van der Waals surface area contributed by atoms with Crippen LogP contribution < -0.4 is 5.73 Å². The number of amides is 1. The first-order chi connectivity index (χ1) is 13.7. The predicted molar refractivity (Wildman–Crippen MR) is 106 cm³/mol. The summed E-state index contributed by atoms with van der Waals surface area (Å²) in [5.41, 5.74) is 4.48. The number of fused-ring (bicyclic) bond motifs is 1. The Labute approximate surface area is 177 Å². The van der Waals surface area contributed by atoms with E-state index in [9.17, 15) is 19.6 Å². The van der Waals surface area contributed by atoms with Crippen molar-refractivity contribution in [1.82, 2.24) is 4.90 Å². The molecule has 150 valence electrons. The van der Waals surface area contributed by atoms with Gasteiger partial charge in [-0.3, -0.25) is 14.4 Å². The lowest BCUT2D eigenvalue weighted by molar-refractivity contribution is -0.150. The number of allylic oxidation sites excluding steroid dienone is 2. The number of ketones is 1. The third-order valence-corrected chi connectivity index (χ3v) is 6.22. The number of primary amides is 1. The zero-order chi connectivity index (χ0) is 21.5. The molecule has 1 aromatic carbocycles. The molecule has 0 unspecified atom stereocenters. The van der Waals surface area contributed by atoms with Gasteiger partial charge in [0.25, 0.3) is 0 Å². The highest BCUT2D eigenvalue weighted by molar-refractivity contribution is 6.42. The van der Waals surface area contributed by atoms with Gasteiger partial charge in [-0.1, -0.05) is 47.5 Å². The number of benzene rings is 1. The lowest BCUT2D eigenvalue weighted by Crippen LogP contribution is -2.45. The molecule has 0 saturated carbocycles. The third-order valence-electron chi connectivity index (χ3n) is 5.38. The van der Waals surface area contributed by atoms with Crippen LogP contribution in [0.2, 0.25) is 10.0 Å². The number of Topliss-reactive ketones (excluding diaryl/α,β-unsaturated/α-hetero) is 1. The summed E-state index contributed by atoms with van der Waals surface area (Å²) in [4.78, 5) is 38.8. The van der Waals surface area contributed by atoms with Crippen molar-refractivity contribution in [2.75, 3.05) is 7.11 Å². The first-order valence-electron chi connectivity index (χ1n) is 8.62. The van der Waals surface area contributed by atoms with Crippen LogP contribution in [0, 0.1) is 16.7 Å². The second-order valence-electron chi connectivity index (χ2n) is 6.83. The van der Waals surface area contributed by atoms with Crippen LogP contribution in [-0.4, -0.2) is 41.8 Å². The molecule has 1 fully saturated rings. The number of nitriles is 1. The van der Waals surface area contributed by atoms with Crippen molar-refractivity contribution in [1.29, 1.82) is 5.26 Å². The molecule has 0 aliphatic carbocycles. The molecule has 0 spiro atoms. The Morgan fingerprint density at radius 2 is 2.00 bits per heavy atom. The Balaban J connectivity index is 2.36. The zero-order valence-electron chi connectivity index (χ0n) is 15.6. The molecule has 3 rings (SSSR count). The van der Waals surface area contributed by atoms with E-state index < -0.39 is 35.3 Å². The molecule has 0 aromatic heterocycles. The van der Waals surface area contributed by atoms with Crippen molar-refractivity contribution in [3.05, 3.63) is 57.7 Å². The number of hydrogen-bond donors (Lipinski definition) is 1. The lowest BCUT2D eigenvalue weighted by Gasteiger charge is -2.32. The molecule has 4 atom stereocenters. The van der Waals surface area contributed by atoms with Gasteiger partial charge in [0.05, 0.1) is 29.3 Å². The van der Waals surface area contributed by atoms with E-state index in [2.05, 4.69) is 6.07 Å². The summed E-state index contributed by atoms with van der Waals surface area (Å²) in [5, 5.41) is 10.5. The van der Waals surface area contributed by atoms with E-state index >= 15 is 0 Å². The quantitative estimate of drug-likeness (QED) is 0.728. The van der Waals surface area contributed by atoms with Crippen LogP contribution in [0.25, 0.3) is 0 Å². The van der Waals surface area contributed by atoms with Crippen molar-refractivity contribution >= 4 is 40.9 Å². The van der Waals surface area contributed by atoms with Gasteiger partial charge < -0.3 is 15.4 Å². The van der Waals surface area contributed by atoms with E-state index in [1.165, 1.54) is 30.2 Å². The van der Waals surface area contributed by atoms with E-state index in [1.807, 2.05) is 0 Å². The topological polar surface area (TPSA) is 113 Å². The monoisotopic (exact) mass is 433 g/mol. The molecule has 2 aliphatic rings. The molecular weight excluding hydrogens is 417 g/mol. The Morgan fingerprint density at radius 3 is 2.55 bits per heavy atom. The Kier molecular flexibility index (Phi) is 5.44. The number of hydrogen-bond acceptors (Lipinski definition) is 6. The normalized spacial score (nSPS) is 27.6. The zero-order valence-corrected chi connectivity index (χ0v) is 17.1. The maximum absolute atomic E-state index is 13.0. The number of esters is 1. The molecule has 0 radical (unpaired) electrons. The van der Waals surface area contributed by atoms with Crippen LogP contribution in [0.4, 0.5) is 0 Å². The highest BCUT2D eigenvalue weighted by Crippen LogP contribution is 2.55. The number of rotatable bonds is 4. The second kappa shape index (κ2) is 7.54. The Bertz CT molecular complexity index is 1010. The summed E-state index contributed by atoms with van der Waals surface area (Å²) in [6.45, 7) is 1.37. The summed E-state index contributed by atoms with van der Waals surface area (Å²) in [6, 6.07) is 4.75. The molecule has 1 amide bonds. The van der Waals surface area contributed by atoms with Gasteiger partial charge in [0, 0.05) is 17.7 Å². The van der Waals surface area contributed by atoms with Gasteiger partial charge in [-0.05, 0) is 18.6 Å². The summed E-state index contributed by atoms with van der Waals surface area (Å²) in [5.74, 6) is -2.95. The van der Waals surface area contributed by atoms with Crippen molar-refractivity contribution < 1.29 is 19.1 Å². The largest absolute Gasteiger partial charge is 0.468 e. The third kappa shape index (κ3) is 3.00. The lowest BCUT2D eigenvalue weighted by atomic mass is 9.68. The van der Waals surface area contributed by atoms with Gasteiger partial charge in [0.1, 0.15) is 6.04 Å². The maximum Gasteiger partial charge on any atom is 0.329 e. The molecular formula is C20H17Cl2N3O4. The van der Waals surface area contributed by atoms with E-state index in [0.29, 0.717) is 11.1 Å². The minimum atomic E-state index is -1.85. The SMILES string of the molecule is COC(=O)[C@@]1(C#N)[C@@H]2C=CC(C(C)=O)=CN2[C@@H](C(N)=O)[C@@H]1c1cccc(Cl)c1Cl. The average Bonchev–Trinajstić information content (AvgIpc) is 2.99. The minimum Gasteiger partial charge on any atom is -0.468 e. The Morgan fingerprint density at radius 1 is 1.31 bits per heavy atom. The number of nitrogens with zero attached hydrogens (tertiary/aromatic N) is 2. The smallest absolute Gasteiger partial charge is 0.329 e. The minimum absolute atomic E-state index is 0.105. The van der Waals surface area contributed by atoms with Crippen LogP contribution in [-0.2, 0) is 19.1 Å². The molecule has 2 aliphatic heterocycles. The standard InChI is InChI=1S/C20H17Cl2N3O4/c1-10(26)11-6-7-14-20(9-23,19(28)29-2)15(17(18(24)27)25(14)8-11)12-4-3-5-13(21)16(12)22/h3-8,14-15,17H,1-2H3,(H2,24,27)/t14-,15-,17+,20-/m0/s1. The van der Waals surface area contributed by atoms with Gasteiger partial charge >= 0.3 is 5.97 Å². The van der Waals surface area contributed by atoms with E-state index in [4.69, 9.17) is 33.7 Å². The molecule has 9 heteroatoms. The van der Waals surface area contributed by atoms with Gasteiger partial charge in [-0.2, -0.15) is 5.26 Å². The maximum atomic E-state index is 13.0. The van der Waals surface area contributed by atoms with Gasteiger partial charge in [0.2, 0.25) is 5.91 Å². The van der Waals surface area contributed by atoms with Gasteiger partial charge in [-0.15, -0.1) is 0 Å². The van der Waals surface area contributed by atoms with Crippen LogP contribution in [0.3, 0.4) is 0 Å². The number of methoxy groups -OCH3 is 1. The van der Waals surface area contributed by atoms with E-state index in [-0.39, 0.29) is 15.8 Å². The van der Waals surface area contributed by atoms with Crippen LogP contribution in [0.1, 0.15) is 18.4 Å². The highest BCUT2D eigenvalue weighted by Gasteiger charge is 2.66. The molecule has 7 nitrogen and oxygen atoms in total. The first kappa shape index (κ1) is 20.9. The van der Waals surface area contributed by atoms with Crippen LogP contribution >= 0.6 is 23.2 Å².